The summed E-state index contributed by atoms with van der Waals surface area (Å²) >= 11 is 0. The number of rotatable bonds is 0. The van der Waals surface area contributed by atoms with Crippen LogP contribution >= 0.6 is 36.4 Å². The van der Waals surface area contributed by atoms with Crippen LogP contribution in [-0.4, -0.2) is 0 Å². The van der Waals surface area contributed by atoms with E-state index in [4.69, 9.17) is 0 Å². The van der Waals surface area contributed by atoms with E-state index in [0.29, 0.717) is 0 Å². The van der Waals surface area contributed by atoms with E-state index >= 15 is 0 Å². The van der Waals surface area contributed by atoms with E-state index in [9.17, 15) is 0 Å². The summed E-state index contributed by atoms with van der Waals surface area (Å²) < 4.78 is 0. The quantitative estimate of drug-likeness (QED) is 0.481. The predicted molar refractivity (Wildman–Crippen MR) is 22.7 cm³/mol. The van der Waals surface area contributed by atoms with Gasteiger partial charge < -0.3 is 0 Å². The molecule has 4 heteroatoms. The molecule has 0 bridgehead atoms. The van der Waals surface area contributed by atoms with Crippen molar-refractivity contribution >= 4 is 36.4 Å². The van der Waals surface area contributed by atoms with Crippen molar-refractivity contribution in [2.45, 2.75) is 0 Å². The fourth-order valence-electron chi connectivity index (χ4n) is 0. The summed E-state index contributed by atoms with van der Waals surface area (Å²) in [5, 5.41) is 0. The van der Waals surface area contributed by atoms with E-state index in [0.717, 1.165) is 0 Å². The molecule has 0 heterocycles. The van der Waals surface area contributed by atoms with Crippen LogP contribution in [0.25, 0.3) is 0 Å². The van der Waals surface area contributed by atoms with Crippen LogP contribution in [-0.2, 0) is 0 Å². The average molecular weight is 454 g/mol. The van der Waals surface area contributed by atoms with Crippen LogP contribution in [0.15, 0.2) is 0 Å². The summed E-state index contributed by atoms with van der Waals surface area (Å²) in [5.41, 5.74) is 0. The summed E-state index contributed by atoms with van der Waals surface area (Å²) in [6.07, 6.45) is 0. The maximum Gasteiger partial charge on any atom is 0 e. The van der Waals surface area contributed by atoms with Crippen LogP contribution in [0.3, 0.4) is 0 Å². The second-order valence-corrected chi connectivity index (χ2v) is 0. The fourth-order valence-corrected chi connectivity index (χ4v) is 0. The molecule has 0 saturated heterocycles. The summed E-state index contributed by atoms with van der Waals surface area (Å²) in [5.74, 6) is 0. The van der Waals surface area contributed by atoms with Crippen LogP contribution in [0, 0.1) is 76.0 Å². The Hall–Kier alpha value is 3.55. The van der Waals surface area contributed by atoms with Crippen LogP contribution in [0.4, 0.5) is 0 Å². The van der Waals surface area contributed by atoms with Gasteiger partial charge in [0.05, 0.1) is 0 Å². The Morgan fingerprint density at radius 1 is 1.00 bits per heavy atom. The molecule has 0 aromatic heterocycles. The van der Waals surface area contributed by atoms with Gasteiger partial charge in [-0.2, -0.15) is 0 Å². The van der Waals surface area contributed by atoms with E-state index in [1.807, 2.05) is 0 Å². The van der Waals surface area contributed by atoms with Gasteiger partial charge in [-0.1, -0.05) is 0 Å². The first-order chi connectivity index (χ1) is 0. The molecule has 1 radical (unpaired) electrons. The second kappa shape index (κ2) is 16.0. The molecule has 0 aromatic carbocycles. The Bertz CT molecular complexity index is 8.00. The van der Waals surface area contributed by atoms with E-state index < -0.39 is 0 Å². The third-order valence-corrected chi connectivity index (χ3v) is 0. The van der Waals surface area contributed by atoms with E-state index in [2.05, 4.69) is 0 Å². The molecular weight excluding hydrogens is 452 g/mol. The second-order valence-electron chi connectivity index (χ2n) is 0. The Morgan fingerprint density at radius 3 is 1.00 bits per heavy atom. The minimum atomic E-state index is 0. The van der Waals surface area contributed by atoms with Crippen molar-refractivity contribution in [3.63, 3.8) is 0 Å². The summed E-state index contributed by atoms with van der Waals surface area (Å²) in [4.78, 5) is 0. The molecule has 25 valence electrons. The Labute approximate surface area is 109 Å². The summed E-state index contributed by atoms with van der Waals surface area (Å²) in [6, 6.07) is 0. The van der Waals surface area contributed by atoms with E-state index in [1.54, 1.807) is 0 Å². The van der Waals surface area contributed by atoms with Gasteiger partial charge in [0.15, 0.2) is 0 Å². The molecule has 0 nitrogen and oxygen atoms in total. The van der Waals surface area contributed by atoms with Crippen molar-refractivity contribution in [1.29, 1.82) is 0 Å². The van der Waals surface area contributed by atoms with Gasteiger partial charge in [-0.05, 0) is 0 Å². The average Bonchev–Trinajstić information content (AvgIpc) is 0. The molecule has 0 aromatic rings. The fraction of sp³-hybridized carbons (Fsp3) is 0. The molecule has 0 atom stereocenters. The predicted octanol–water partition coefficient (Wildman–Crippen LogP) is 1.04. The van der Waals surface area contributed by atoms with Gasteiger partial charge in [0.1, 0.15) is 0 Å². The number of halogens is 2. The molecule has 0 spiro atoms. The molecule has 0 rings (SSSR count). The monoisotopic (exact) mass is 455 g/mol. The molecule has 0 unspecified atom stereocenters. The maximum absolute atomic E-state index is 0. The molecule has 0 fully saturated rings. The molecular formula is H2ClILaSm. The first-order valence-corrected chi connectivity index (χ1v) is 0. The molecule has 0 N–H and O–H groups in total. The number of hydrogen-bond acceptors (Lipinski definition) is 0. The van der Waals surface area contributed by atoms with Crippen molar-refractivity contribution in [1.82, 2.24) is 0 Å². The normalized spacial score (nSPS) is 0. The van der Waals surface area contributed by atoms with Crippen LogP contribution in [0.1, 0.15) is 0 Å². The maximum atomic E-state index is 0. The molecule has 0 saturated carbocycles. The minimum Gasteiger partial charge on any atom is -0.147 e. The largest absolute Gasteiger partial charge is 0.147 e. The van der Waals surface area contributed by atoms with Gasteiger partial charge in [-0.15, -0.1) is 36.4 Å². The molecule has 4 heavy (non-hydrogen) atoms. The van der Waals surface area contributed by atoms with Gasteiger partial charge in [-0.25, -0.2) is 0 Å². The van der Waals surface area contributed by atoms with Crippen molar-refractivity contribution in [3.05, 3.63) is 0 Å². The minimum absolute atomic E-state index is 0. The zero-order valence-electron chi connectivity index (χ0n) is 1.80. The Balaban J connectivity index is 0. The molecule has 0 aliphatic heterocycles. The van der Waals surface area contributed by atoms with Gasteiger partial charge in [0.25, 0.3) is 0 Å². The zero-order valence-corrected chi connectivity index (χ0v) is 11.2. The third-order valence-electron chi connectivity index (χ3n) is 0. The first kappa shape index (κ1) is 25.7. The zero-order chi connectivity index (χ0) is 0. The third kappa shape index (κ3) is 9.12. The molecule has 0 aliphatic carbocycles. The van der Waals surface area contributed by atoms with Crippen molar-refractivity contribution in [2.75, 3.05) is 0 Å². The first-order valence-electron chi connectivity index (χ1n) is 0. The van der Waals surface area contributed by atoms with Crippen molar-refractivity contribution in [2.24, 2.45) is 0 Å². The van der Waals surface area contributed by atoms with Gasteiger partial charge in [0.2, 0.25) is 0 Å². The van der Waals surface area contributed by atoms with Gasteiger partial charge >= 0.3 is 0 Å². The summed E-state index contributed by atoms with van der Waals surface area (Å²) in [6.45, 7) is 0. The number of hydrogen-bond donors (Lipinski definition) is 0. The van der Waals surface area contributed by atoms with Crippen molar-refractivity contribution in [3.8, 4) is 0 Å². The van der Waals surface area contributed by atoms with E-state index in [-0.39, 0.29) is 112 Å². The standard InChI is InChI=1S/ClH.HI.La.Sm/h2*1H;;. The van der Waals surface area contributed by atoms with Gasteiger partial charge in [0, 0.05) is 76.0 Å². The Kier molecular flexibility index (Phi) is 103. The van der Waals surface area contributed by atoms with Gasteiger partial charge in [-0.3, -0.25) is 0 Å². The van der Waals surface area contributed by atoms with Crippen LogP contribution < -0.4 is 0 Å². The Morgan fingerprint density at radius 2 is 1.00 bits per heavy atom. The molecule has 0 aliphatic rings. The van der Waals surface area contributed by atoms with E-state index in [1.165, 1.54) is 0 Å². The van der Waals surface area contributed by atoms with Crippen LogP contribution in [0.5, 0.6) is 0 Å². The topological polar surface area (TPSA) is 0 Å². The van der Waals surface area contributed by atoms with Crippen molar-refractivity contribution < 1.29 is 76.0 Å². The smallest absolute Gasteiger partial charge is 0 e. The SMILES string of the molecule is Cl.I.[La].[Sm]. The molecule has 0 amide bonds. The van der Waals surface area contributed by atoms with Crippen LogP contribution in [0.2, 0.25) is 0 Å². The summed E-state index contributed by atoms with van der Waals surface area (Å²) in [7, 11) is 0.